The Morgan fingerprint density at radius 2 is 2.15 bits per heavy atom. The van der Waals surface area contributed by atoms with Gasteiger partial charge in [-0.25, -0.2) is 0 Å². The number of nitrogens with zero attached hydrogens (tertiary/aromatic N) is 1. The summed E-state index contributed by atoms with van der Waals surface area (Å²) in [5.41, 5.74) is 0.722. The average molecular weight is 396 g/mol. The zero-order chi connectivity index (χ0) is 18.5. The highest BCUT2D eigenvalue weighted by molar-refractivity contribution is 8.01. The molecule has 0 aliphatic carbocycles. The summed E-state index contributed by atoms with van der Waals surface area (Å²) in [6, 6.07) is 5.41. The van der Waals surface area contributed by atoms with Gasteiger partial charge in [-0.05, 0) is 63.0 Å². The highest BCUT2D eigenvalue weighted by Crippen LogP contribution is 2.38. The third kappa shape index (κ3) is 5.38. The molecule has 1 aromatic rings. The largest absolute Gasteiger partial charge is 0.356 e. The molecule has 2 aliphatic heterocycles. The van der Waals surface area contributed by atoms with Crippen molar-refractivity contribution in [2.45, 2.75) is 42.8 Å². The van der Waals surface area contributed by atoms with Gasteiger partial charge in [0.05, 0.1) is 10.9 Å². The van der Waals surface area contributed by atoms with E-state index in [9.17, 15) is 9.59 Å². The van der Waals surface area contributed by atoms with Gasteiger partial charge in [0.2, 0.25) is 11.8 Å². The quantitative estimate of drug-likeness (QED) is 0.725. The average Bonchev–Trinajstić information content (AvgIpc) is 2.61. The number of rotatable bonds is 6. The molecule has 0 aromatic heterocycles. The summed E-state index contributed by atoms with van der Waals surface area (Å²) < 4.78 is 0. The van der Waals surface area contributed by atoms with Gasteiger partial charge in [-0.2, -0.15) is 0 Å². The van der Waals surface area contributed by atoms with E-state index in [0.29, 0.717) is 11.6 Å². The van der Waals surface area contributed by atoms with E-state index in [4.69, 9.17) is 11.6 Å². The second kappa shape index (κ2) is 9.11. The fraction of sp³-hybridized carbons (Fsp3) is 0.579. The number of benzene rings is 1. The highest BCUT2D eigenvalue weighted by atomic mass is 35.5. The fourth-order valence-corrected chi connectivity index (χ4v) is 4.58. The zero-order valence-corrected chi connectivity index (χ0v) is 16.7. The van der Waals surface area contributed by atoms with Crippen LogP contribution in [0.15, 0.2) is 23.1 Å². The number of nitrogens with one attached hydrogen (secondary N) is 2. The number of anilines is 1. The number of fused-ring (bicyclic) bond motifs is 1. The Hall–Kier alpha value is -1.24. The summed E-state index contributed by atoms with van der Waals surface area (Å²) in [6.45, 7) is 6.33. The monoisotopic (exact) mass is 395 g/mol. The lowest BCUT2D eigenvalue weighted by molar-refractivity contribution is -0.124. The number of carbonyl (C=O) groups excluding carboxylic acids is 2. The molecule has 1 saturated heterocycles. The predicted molar refractivity (Wildman–Crippen MR) is 107 cm³/mol. The van der Waals surface area contributed by atoms with Crippen LogP contribution in [0.4, 0.5) is 5.69 Å². The Morgan fingerprint density at radius 1 is 1.38 bits per heavy atom. The SMILES string of the molecule is CC1CCN(CCCNC(=O)CC2Sc3ccc(Cl)cc3NC2=O)CC1. The second-order valence-corrected chi connectivity index (χ2v) is 8.85. The van der Waals surface area contributed by atoms with Gasteiger partial charge in [0.1, 0.15) is 0 Å². The Kier molecular flexibility index (Phi) is 6.84. The van der Waals surface area contributed by atoms with Crippen LogP contribution >= 0.6 is 23.4 Å². The molecule has 142 valence electrons. The van der Waals surface area contributed by atoms with Gasteiger partial charge in [-0.15, -0.1) is 11.8 Å². The number of carbonyl (C=O) groups is 2. The molecule has 2 heterocycles. The minimum atomic E-state index is -0.396. The van der Waals surface area contributed by atoms with Gasteiger partial charge in [0.25, 0.3) is 0 Å². The maximum Gasteiger partial charge on any atom is 0.238 e. The lowest BCUT2D eigenvalue weighted by atomic mass is 9.99. The summed E-state index contributed by atoms with van der Waals surface area (Å²) in [5.74, 6) is 0.635. The number of amides is 2. The number of hydrogen-bond acceptors (Lipinski definition) is 4. The summed E-state index contributed by atoms with van der Waals surface area (Å²) in [6.07, 6.45) is 3.69. The Bertz CT molecular complexity index is 662. The summed E-state index contributed by atoms with van der Waals surface area (Å²) in [7, 11) is 0. The first-order valence-electron chi connectivity index (χ1n) is 9.27. The molecule has 26 heavy (non-hydrogen) atoms. The van der Waals surface area contributed by atoms with Crippen molar-refractivity contribution in [3.63, 3.8) is 0 Å². The molecule has 0 saturated carbocycles. The van der Waals surface area contributed by atoms with Crippen LogP contribution in [0.3, 0.4) is 0 Å². The molecule has 0 radical (unpaired) electrons. The van der Waals surface area contributed by atoms with Crippen LogP contribution in [0.5, 0.6) is 0 Å². The Morgan fingerprint density at radius 3 is 2.92 bits per heavy atom. The Labute approximate surface area is 164 Å². The van der Waals surface area contributed by atoms with Crippen LogP contribution in [0, 0.1) is 5.92 Å². The molecule has 1 unspecified atom stereocenters. The van der Waals surface area contributed by atoms with Crippen molar-refractivity contribution < 1.29 is 9.59 Å². The summed E-state index contributed by atoms with van der Waals surface area (Å²) >= 11 is 7.38. The van der Waals surface area contributed by atoms with Crippen LogP contribution in [0.25, 0.3) is 0 Å². The lowest BCUT2D eigenvalue weighted by Crippen LogP contribution is -2.37. The normalized spacial score (nSPS) is 21.2. The maximum atomic E-state index is 12.2. The van der Waals surface area contributed by atoms with Crippen molar-refractivity contribution in [1.82, 2.24) is 10.2 Å². The van der Waals surface area contributed by atoms with Gasteiger partial charge in [0.15, 0.2) is 0 Å². The molecule has 5 nitrogen and oxygen atoms in total. The van der Waals surface area contributed by atoms with Crippen LogP contribution < -0.4 is 10.6 Å². The third-order valence-electron chi connectivity index (χ3n) is 4.98. The minimum absolute atomic E-state index is 0.0673. The lowest BCUT2D eigenvalue weighted by Gasteiger charge is -2.30. The number of halogens is 1. The number of thioether (sulfide) groups is 1. The van der Waals surface area contributed by atoms with Crippen molar-refractivity contribution >= 4 is 40.9 Å². The van der Waals surface area contributed by atoms with Crippen molar-refractivity contribution in [3.8, 4) is 0 Å². The van der Waals surface area contributed by atoms with E-state index in [1.54, 1.807) is 12.1 Å². The molecule has 1 atom stereocenters. The molecule has 0 spiro atoms. The fourth-order valence-electron chi connectivity index (χ4n) is 3.31. The smallest absolute Gasteiger partial charge is 0.238 e. The van der Waals surface area contributed by atoms with Gasteiger partial charge in [-0.3, -0.25) is 9.59 Å². The van der Waals surface area contributed by atoms with E-state index in [1.165, 1.54) is 24.6 Å². The van der Waals surface area contributed by atoms with E-state index >= 15 is 0 Å². The summed E-state index contributed by atoms with van der Waals surface area (Å²) in [4.78, 5) is 27.8. The first kappa shape index (κ1) is 19.5. The van der Waals surface area contributed by atoms with E-state index in [1.807, 2.05) is 6.07 Å². The van der Waals surface area contributed by atoms with E-state index in [-0.39, 0.29) is 18.2 Å². The van der Waals surface area contributed by atoms with E-state index in [2.05, 4.69) is 22.5 Å². The first-order valence-corrected chi connectivity index (χ1v) is 10.5. The first-order chi connectivity index (χ1) is 12.5. The molecular formula is C19H26ClN3O2S. The van der Waals surface area contributed by atoms with Crippen LogP contribution in [-0.2, 0) is 9.59 Å². The molecule has 7 heteroatoms. The second-order valence-electron chi connectivity index (χ2n) is 7.17. The number of likely N-dealkylation sites (tertiary alicyclic amines) is 1. The molecule has 1 fully saturated rings. The topological polar surface area (TPSA) is 61.4 Å². The zero-order valence-electron chi connectivity index (χ0n) is 15.1. The van der Waals surface area contributed by atoms with Gasteiger partial charge < -0.3 is 15.5 Å². The minimum Gasteiger partial charge on any atom is -0.356 e. The van der Waals surface area contributed by atoms with Crippen molar-refractivity contribution in [3.05, 3.63) is 23.2 Å². The van der Waals surface area contributed by atoms with Crippen LogP contribution in [0.1, 0.15) is 32.6 Å². The molecule has 2 N–H and O–H groups in total. The molecular weight excluding hydrogens is 370 g/mol. The van der Waals surface area contributed by atoms with Crippen molar-refractivity contribution in [2.75, 3.05) is 31.5 Å². The maximum absolute atomic E-state index is 12.2. The van der Waals surface area contributed by atoms with Crippen molar-refractivity contribution in [2.24, 2.45) is 5.92 Å². The standard InChI is InChI=1S/C19H26ClN3O2S/c1-13-5-9-23(10-6-13)8-2-7-21-18(24)12-17-19(25)22-15-11-14(20)3-4-16(15)26-17/h3-4,11,13,17H,2,5-10,12H2,1H3,(H,21,24)(H,22,25). The van der Waals surface area contributed by atoms with Gasteiger partial charge in [-0.1, -0.05) is 18.5 Å². The summed E-state index contributed by atoms with van der Waals surface area (Å²) in [5, 5.41) is 5.98. The number of piperidine rings is 1. The highest BCUT2D eigenvalue weighted by Gasteiger charge is 2.29. The molecule has 0 bridgehead atoms. The predicted octanol–water partition coefficient (Wildman–Crippen LogP) is 3.38. The van der Waals surface area contributed by atoms with Crippen LogP contribution in [-0.4, -0.2) is 48.1 Å². The number of hydrogen-bond donors (Lipinski definition) is 2. The van der Waals surface area contributed by atoms with Crippen LogP contribution in [0.2, 0.25) is 5.02 Å². The van der Waals surface area contributed by atoms with Gasteiger partial charge in [0, 0.05) is 22.9 Å². The molecule has 3 rings (SSSR count). The van der Waals surface area contributed by atoms with E-state index < -0.39 is 5.25 Å². The van der Waals surface area contributed by atoms with Gasteiger partial charge >= 0.3 is 0 Å². The van der Waals surface area contributed by atoms with Crippen molar-refractivity contribution in [1.29, 1.82) is 0 Å². The molecule has 2 amide bonds. The van der Waals surface area contributed by atoms with E-state index in [0.717, 1.165) is 42.6 Å². The third-order valence-corrected chi connectivity index (χ3v) is 6.49. The molecule has 2 aliphatic rings. The molecule has 1 aromatic carbocycles. The Balaban J connectivity index is 1.38.